The van der Waals surface area contributed by atoms with Crippen LogP contribution < -0.4 is 11.5 Å². The Labute approximate surface area is 86.3 Å². The van der Waals surface area contributed by atoms with Gasteiger partial charge in [0, 0.05) is 18.9 Å². The first-order valence-corrected chi connectivity index (χ1v) is 4.49. The molecule has 0 spiro atoms. The monoisotopic (exact) mass is 206 g/mol. The zero-order valence-electron chi connectivity index (χ0n) is 8.02. The van der Waals surface area contributed by atoms with Gasteiger partial charge in [-0.1, -0.05) is 0 Å². The summed E-state index contributed by atoms with van der Waals surface area (Å²) in [7, 11) is 0. The molecular weight excluding hydrogens is 195 g/mol. The number of benzene rings is 1. The predicted molar refractivity (Wildman–Crippen MR) is 55.8 cm³/mol. The third-order valence-electron chi connectivity index (χ3n) is 2.13. The van der Waals surface area contributed by atoms with Crippen LogP contribution >= 0.6 is 0 Å². The van der Waals surface area contributed by atoms with E-state index in [1.165, 1.54) is 12.1 Å². The van der Waals surface area contributed by atoms with Crippen LogP contribution in [0, 0.1) is 5.82 Å². The van der Waals surface area contributed by atoms with E-state index in [-0.39, 0.29) is 5.82 Å². The van der Waals surface area contributed by atoms with Gasteiger partial charge in [-0.05, 0) is 23.8 Å². The lowest BCUT2D eigenvalue weighted by atomic mass is 10.2. The summed E-state index contributed by atoms with van der Waals surface area (Å²) in [5, 5.41) is 0. The maximum absolute atomic E-state index is 13.2. The number of nitrogen functional groups attached to an aromatic ring is 1. The molecule has 0 fully saturated rings. The fourth-order valence-corrected chi connectivity index (χ4v) is 1.42. The molecule has 78 valence electrons. The van der Waals surface area contributed by atoms with Crippen molar-refractivity contribution in [2.45, 2.75) is 6.54 Å². The number of anilines is 1. The third kappa shape index (κ3) is 1.82. The summed E-state index contributed by atoms with van der Waals surface area (Å²) in [4.78, 5) is 3.87. The van der Waals surface area contributed by atoms with Gasteiger partial charge in [0.2, 0.25) is 5.95 Å². The van der Waals surface area contributed by atoms with E-state index in [4.69, 9.17) is 11.5 Å². The van der Waals surface area contributed by atoms with Crippen molar-refractivity contribution in [1.82, 2.24) is 9.55 Å². The van der Waals surface area contributed by atoms with E-state index in [0.29, 0.717) is 18.2 Å². The molecule has 4 nitrogen and oxygen atoms in total. The number of halogens is 1. The Morgan fingerprint density at radius 3 is 2.73 bits per heavy atom. The summed E-state index contributed by atoms with van der Waals surface area (Å²) in [5.74, 6) is -0.00961. The SMILES string of the molecule is NCc1cc(F)cc(-n2ccnc2N)c1. The molecule has 4 N–H and O–H groups in total. The van der Waals surface area contributed by atoms with Gasteiger partial charge in [-0.25, -0.2) is 9.37 Å². The van der Waals surface area contributed by atoms with E-state index in [9.17, 15) is 4.39 Å². The second-order valence-electron chi connectivity index (χ2n) is 3.18. The number of rotatable bonds is 2. The highest BCUT2D eigenvalue weighted by Crippen LogP contribution is 2.15. The van der Waals surface area contributed by atoms with Crippen LogP contribution in [0.4, 0.5) is 10.3 Å². The number of nitrogens with two attached hydrogens (primary N) is 2. The third-order valence-corrected chi connectivity index (χ3v) is 2.13. The summed E-state index contributed by atoms with van der Waals surface area (Å²) in [5.41, 5.74) is 12.4. The van der Waals surface area contributed by atoms with Gasteiger partial charge >= 0.3 is 0 Å². The highest BCUT2D eigenvalue weighted by atomic mass is 19.1. The van der Waals surface area contributed by atoms with Gasteiger partial charge in [0.1, 0.15) is 5.82 Å². The smallest absolute Gasteiger partial charge is 0.204 e. The predicted octanol–water partition coefficient (Wildman–Crippen LogP) is 1.05. The fourth-order valence-electron chi connectivity index (χ4n) is 1.42. The second-order valence-corrected chi connectivity index (χ2v) is 3.18. The highest BCUT2D eigenvalue weighted by Gasteiger charge is 2.04. The Hall–Kier alpha value is -1.88. The number of hydrogen-bond acceptors (Lipinski definition) is 3. The van der Waals surface area contributed by atoms with E-state index in [1.807, 2.05) is 0 Å². The van der Waals surface area contributed by atoms with Crippen LogP contribution in [-0.2, 0) is 6.54 Å². The van der Waals surface area contributed by atoms with Crippen LogP contribution in [0.15, 0.2) is 30.6 Å². The minimum Gasteiger partial charge on any atom is -0.369 e. The summed E-state index contributed by atoms with van der Waals surface area (Å²) in [6.07, 6.45) is 3.23. The Morgan fingerprint density at radius 2 is 2.13 bits per heavy atom. The molecule has 1 aromatic heterocycles. The molecule has 0 aliphatic heterocycles. The molecule has 0 saturated carbocycles. The van der Waals surface area contributed by atoms with Crippen molar-refractivity contribution in [3.05, 3.63) is 42.0 Å². The van der Waals surface area contributed by atoms with Gasteiger partial charge in [0.05, 0.1) is 5.69 Å². The standard InChI is InChI=1S/C10H11FN4/c11-8-3-7(6-12)4-9(5-8)15-2-1-14-10(15)13/h1-5H,6,12H2,(H2,13,14). The molecule has 0 atom stereocenters. The molecule has 0 radical (unpaired) electrons. The fraction of sp³-hybridized carbons (Fsp3) is 0.100. The van der Waals surface area contributed by atoms with Gasteiger partial charge < -0.3 is 11.5 Å². The average Bonchev–Trinajstić information content (AvgIpc) is 2.63. The van der Waals surface area contributed by atoms with E-state index in [2.05, 4.69) is 4.98 Å². The summed E-state index contributed by atoms with van der Waals surface area (Å²) in [6.45, 7) is 0.291. The van der Waals surface area contributed by atoms with Gasteiger partial charge in [-0.2, -0.15) is 0 Å². The maximum atomic E-state index is 13.2. The number of nitrogens with zero attached hydrogens (tertiary/aromatic N) is 2. The Kier molecular flexibility index (Phi) is 2.39. The Bertz CT molecular complexity index is 478. The van der Waals surface area contributed by atoms with Crippen molar-refractivity contribution < 1.29 is 4.39 Å². The van der Waals surface area contributed by atoms with Crippen LogP contribution in [0.5, 0.6) is 0 Å². The summed E-state index contributed by atoms with van der Waals surface area (Å²) in [6, 6.07) is 4.56. The van der Waals surface area contributed by atoms with Crippen molar-refractivity contribution in [3.8, 4) is 5.69 Å². The van der Waals surface area contributed by atoms with Crippen molar-refractivity contribution in [2.75, 3.05) is 5.73 Å². The van der Waals surface area contributed by atoms with Crippen molar-refractivity contribution >= 4 is 5.95 Å². The highest BCUT2D eigenvalue weighted by molar-refractivity contribution is 5.42. The topological polar surface area (TPSA) is 69.9 Å². The first-order chi connectivity index (χ1) is 7.20. The lowest BCUT2D eigenvalue weighted by Crippen LogP contribution is -2.03. The first-order valence-electron chi connectivity index (χ1n) is 4.49. The minimum absolute atomic E-state index is 0.291. The molecule has 0 saturated heterocycles. The molecule has 0 aliphatic carbocycles. The molecule has 15 heavy (non-hydrogen) atoms. The van der Waals surface area contributed by atoms with Crippen LogP contribution in [0.3, 0.4) is 0 Å². The molecule has 5 heteroatoms. The normalized spacial score (nSPS) is 10.5. The quantitative estimate of drug-likeness (QED) is 0.771. The number of hydrogen-bond donors (Lipinski definition) is 2. The largest absolute Gasteiger partial charge is 0.369 e. The lowest BCUT2D eigenvalue weighted by Gasteiger charge is -2.06. The first kappa shape index (κ1) is 9.67. The zero-order chi connectivity index (χ0) is 10.8. The molecule has 2 rings (SSSR count). The van der Waals surface area contributed by atoms with Crippen molar-refractivity contribution in [1.29, 1.82) is 0 Å². The van der Waals surface area contributed by atoms with Gasteiger partial charge in [-0.15, -0.1) is 0 Å². The van der Waals surface area contributed by atoms with E-state index in [0.717, 1.165) is 5.56 Å². The van der Waals surface area contributed by atoms with Crippen molar-refractivity contribution in [3.63, 3.8) is 0 Å². The number of aromatic nitrogens is 2. The van der Waals surface area contributed by atoms with E-state index >= 15 is 0 Å². The van der Waals surface area contributed by atoms with Crippen LogP contribution in [0.1, 0.15) is 5.56 Å². The van der Waals surface area contributed by atoms with Gasteiger partial charge in [0.15, 0.2) is 0 Å². The molecule has 0 amide bonds. The Morgan fingerprint density at radius 1 is 1.33 bits per heavy atom. The second kappa shape index (κ2) is 3.70. The molecule has 1 heterocycles. The summed E-state index contributed by atoms with van der Waals surface area (Å²) < 4.78 is 14.8. The van der Waals surface area contributed by atoms with E-state index < -0.39 is 0 Å². The minimum atomic E-state index is -0.332. The molecule has 0 bridgehead atoms. The van der Waals surface area contributed by atoms with E-state index in [1.54, 1.807) is 23.0 Å². The van der Waals surface area contributed by atoms with Crippen LogP contribution in [0.2, 0.25) is 0 Å². The maximum Gasteiger partial charge on any atom is 0.204 e. The molecular formula is C10H11FN4. The summed E-state index contributed by atoms with van der Waals surface area (Å²) >= 11 is 0. The van der Waals surface area contributed by atoms with Gasteiger partial charge in [0.25, 0.3) is 0 Å². The zero-order valence-corrected chi connectivity index (χ0v) is 8.02. The van der Waals surface area contributed by atoms with Crippen molar-refractivity contribution in [2.24, 2.45) is 5.73 Å². The Balaban J connectivity index is 2.53. The molecule has 1 aromatic carbocycles. The lowest BCUT2D eigenvalue weighted by molar-refractivity contribution is 0.624. The molecule has 0 aliphatic rings. The average molecular weight is 206 g/mol. The van der Waals surface area contributed by atoms with Crippen LogP contribution in [0.25, 0.3) is 5.69 Å². The molecule has 2 aromatic rings. The molecule has 0 unspecified atom stereocenters. The number of imidazole rings is 1. The van der Waals surface area contributed by atoms with Crippen LogP contribution in [-0.4, -0.2) is 9.55 Å². The van der Waals surface area contributed by atoms with Gasteiger partial charge in [-0.3, -0.25) is 4.57 Å².